The molecule has 0 saturated heterocycles. The van der Waals surface area contributed by atoms with Gasteiger partial charge in [0.05, 0.1) is 55.4 Å². The third-order valence-electron chi connectivity index (χ3n) is 4.92. The number of aromatic amines is 2. The zero-order valence-electron chi connectivity index (χ0n) is 17.9. The summed E-state index contributed by atoms with van der Waals surface area (Å²) in [4.78, 5) is 37.0. The summed E-state index contributed by atoms with van der Waals surface area (Å²) in [6.45, 7) is 3.64. The van der Waals surface area contributed by atoms with E-state index in [1.807, 2.05) is 0 Å². The van der Waals surface area contributed by atoms with Gasteiger partial charge in [-0.1, -0.05) is 29.8 Å². The number of ether oxygens (including phenoxy) is 3. The topological polar surface area (TPSA) is 123 Å². The Morgan fingerprint density at radius 1 is 1.09 bits per heavy atom. The quantitative estimate of drug-likeness (QED) is 0.516. The Bertz CT molecular complexity index is 1130. The van der Waals surface area contributed by atoms with Crippen molar-refractivity contribution in [3.8, 4) is 0 Å². The number of H-pyrrole nitrogens is 2. The zero-order chi connectivity index (χ0) is 23.3. The molecule has 1 atom stereocenters. The van der Waals surface area contributed by atoms with E-state index in [1.54, 1.807) is 38.1 Å². The lowest BCUT2D eigenvalue weighted by molar-refractivity contribution is -0.139. The van der Waals surface area contributed by atoms with Crippen molar-refractivity contribution in [2.24, 2.45) is 0 Å². The van der Waals surface area contributed by atoms with Crippen LogP contribution in [0.1, 0.15) is 31.0 Å². The number of methoxy groups -OCH3 is 1. The van der Waals surface area contributed by atoms with Crippen LogP contribution in [0.25, 0.3) is 0 Å². The minimum Gasteiger partial charge on any atom is -0.466 e. The summed E-state index contributed by atoms with van der Waals surface area (Å²) in [5, 5.41) is 8.61. The fourth-order valence-corrected chi connectivity index (χ4v) is 3.82. The number of rotatable bonds is 8. The summed E-state index contributed by atoms with van der Waals surface area (Å²) in [6, 6.07) is 8.34. The molecule has 1 aliphatic rings. The van der Waals surface area contributed by atoms with Gasteiger partial charge in [0.15, 0.2) is 0 Å². The Kier molecular flexibility index (Phi) is 7.55. The maximum Gasteiger partial charge on any atom is 0.336 e. The fourth-order valence-electron chi connectivity index (χ4n) is 3.57. The molecule has 0 saturated carbocycles. The van der Waals surface area contributed by atoms with Crippen molar-refractivity contribution in [1.82, 2.24) is 15.5 Å². The zero-order valence-corrected chi connectivity index (χ0v) is 18.7. The second kappa shape index (κ2) is 10.3. The SMILES string of the molecule is CCOC(=O)C1=C(COCc2cc(=O)[nH][nH]2)NC(C)=C(C(=O)OC)C1c1ccccc1Cl. The molecule has 1 aliphatic heterocycles. The molecule has 0 fully saturated rings. The molecule has 1 aromatic heterocycles. The highest BCUT2D eigenvalue weighted by atomic mass is 35.5. The number of hydrogen-bond donors (Lipinski definition) is 3. The molecule has 2 heterocycles. The maximum absolute atomic E-state index is 13.1. The Balaban J connectivity index is 2.06. The Labute approximate surface area is 189 Å². The summed E-state index contributed by atoms with van der Waals surface area (Å²) in [6.07, 6.45) is 0. The van der Waals surface area contributed by atoms with Crippen LogP contribution < -0.4 is 10.9 Å². The van der Waals surface area contributed by atoms with Crippen molar-refractivity contribution < 1.29 is 23.8 Å². The number of benzene rings is 1. The molecule has 3 N–H and O–H groups in total. The number of aromatic nitrogens is 2. The van der Waals surface area contributed by atoms with Crippen LogP contribution in [-0.2, 0) is 30.4 Å². The highest BCUT2D eigenvalue weighted by Gasteiger charge is 2.39. The highest BCUT2D eigenvalue weighted by Crippen LogP contribution is 2.41. The monoisotopic (exact) mass is 461 g/mol. The number of carbonyl (C=O) groups is 2. The van der Waals surface area contributed by atoms with Gasteiger partial charge in [-0.05, 0) is 25.5 Å². The standard InChI is InChI=1S/C22H24ClN3O6/c1-4-32-22(29)20-16(11-31-10-13-9-17(27)26-25-13)24-12(2)18(21(28)30-3)19(20)14-7-5-6-8-15(14)23/h5-9,19,24H,4,10-11H2,1-3H3,(H2,25,26,27). The normalized spacial score (nSPS) is 16.1. The highest BCUT2D eigenvalue weighted by molar-refractivity contribution is 6.31. The molecule has 32 heavy (non-hydrogen) atoms. The van der Waals surface area contributed by atoms with Crippen LogP contribution in [0.3, 0.4) is 0 Å². The minimum absolute atomic E-state index is 0.00585. The van der Waals surface area contributed by atoms with Gasteiger partial charge in [0, 0.05) is 16.8 Å². The third kappa shape index (κ3) is 4.95. The minimum atomic E-state index is -0.817. The first-order valence-corrected chi connectivity index (χ1v) is 10.3. The average Bonchev–Trinajstić information content (AvgIpc) is 3.18. The Hall–Kier alpha value is -3.30. The lowest BCUT2D eigenvalue weighted by atomic mass is 9.80. The lowest BCUT2D eigenvalue weighted by Crippen LogP contribution is -2.34. The molecule has 0 bridgehead atoms. The van der Waals surface area contributed by atoms with E-state index in [-0.39, 0.29) is 36.5 Å². The van der Waals surface area contributed by atoms with E-state index in [0.29, 0.717) is 27.7 Å². The van der Waals surface area contributed by atoms with Gasteiger partial charge in [-0.3, -0.25) is 15.0 Å². The van der Waals surface area contributed by atoms with Crippen molar-refractivity contribution in [3.05, 3.63) is 79.5 Å². The van der Waals surface area contributed by atoms with Gasteiger partial charge >= 0.3 is 11.9 Å². The van der Waals surface area contributed by atoms with Crippen molar-refractivity contribution in [2.45, 2.75) is 26.4 Å². The molecule has 1 aromatic carbocycles. The van der Waals surface area contributed by atoms with Crippen LogP contribution in [0.5, 0.6) is 0 Å². The lowest BCUT2D eigenvalue weighted by Gasteiger charge is -2.31. The second-order valence-electron chi connectivity index (χ2n) is 7.00. The molecule has 3 rings (SSSR count). The van der Waals surface area contributed by atoms with Gasteiger partial charge in [0.2, 0.25) is 0 Å². The smallest absolute Gasteiger partial charge is 0.336 e. The summed E-state index contributed by atoms with van der Waals surface area (Å²) in [7, 11) is 1.27. The number of halogens is 1. The number of carbonyl (C=O) groups excluding carboxylic acids is 2. The molecule has 0 spiro atoms. The van der Waals surface area contributed by atoms with Crippen molar-refractivity contribution >= 4 is 23.5 Å². The number of dihydropyridines is 1. The Morgan fingerprint density at radius 3 is 2.47 bits per heavy atom. The van der Waals surface area contributed by atoms with E-state index in [4.69, 9.17) is 25.8 Å². The molecular weight excluding hydrogens is 438 g/mol. The molecular formula is C22H24ClN3O6. The molecule has 2 aromatic rings. The first-order valence-electron chi connectivity index (χ1n) is 9.92. The largest absolute Gasteiger partial charge is 0.466 e. The first-order chi connectivity index (χ1) is 15.4. The van der Waals surface area contributed by atoms with Gasteiger partial charge in [-0.2, -0.15) is 0 Å². The molecule has 0 radical (unpaired) electrons. The van der Waals surface area contributed by atoms with Gasteiger partial charge in [0.1, 0.15) is 0 Å². The maximum atomic E-state index is 13.1. The van der Waals surface area contributed by atoms with Crippen LogP contribution in [0.15, 0.2) is 57.7 Å². The Morgan fingerprint density at radius 2 is 1.84 bits per heavy atom. The van der Waals surface area contributed by atoms with E-state index >= 15 is 0 Å². The van der Waals surface area contributed by atoms with E-state index in [1.165, 1.54) is 13.2 Å². The van der Waals surface area contributed by atoms with Crippen LogP contribution in [-0.4, -0.2) is 42.5 Å². The van der Waals surface area contributed by atoms with Gasteiger partial charge < -0.3 is 19.5 Å². The summed E-state index contributed by atoms with van der Waals surface area (Å²) >= 11 is 6.46. The van der Waals surface area contributed by atoms with Gasteiger partial charge in [0.25, 0.3) is 5.56 Å². The van der Waals surface area contributed by atoms with Crippen LogP contribution in [0, 0.1) is 0 Å². The van der Waals surface area contributed by atoms with E-state index in [2.05, 4.69) is 15.5 Å². The van der Waals surface area contributed by atoms with E-state index in [0.717, 1.165) is 0 Å². The average molecular weight is 462 g/mol. The second-order valence-corrected chi connectivity index (χ2v) is 7.41. The molecule has 0 amide bonds. The number of hydrogen-bond acceptors (Lipinski definition) is 7. The number of nitrogens with one attached hydrogen (secondary N) is 3. The summed E-state index contributed by atoms with van der Waals surface area (Å²) in [5.74, 6) is -2.01. The van der Waals surface area contributed by atoms with E-state index < -0.39 is 17.9 Å². The van der Waals surface area contributed by atoms with Crippen molar-refractivity contribution in [3.63, 3.8) is 0 Å². The van der Waals surface area contributed by atoms with Crippen LogP contribution in [0.4, 0.5) is 0 Å². The number of esters is 2. The van der Waals surface area contributed by atoms with Gasteiger partial charge in [-0.15, -0.1) is 0 Å². The molecule has 170 valence electrons. The molecule has 0 aliphatic carbocycles. The van der Waals surface area contributed by atoms with E-state index in [9.17, 15) is 14.4 Å². The predicted octanol–water partition coefficient (Wildman–Crippen LogP) is 2.52. The van der Waals surface area contributed by atoms with Crippen molar-refractivity contribution in [2.75, 3.05) is 20.3 Å². The molecule has 1 unspecified atom stereocenters. The third-order valence-corrected chi connectivity index (χ3v) is 5.26. The molecule has 10 heteroatoms. The first kappa shape index (κ1) is 23.4. The molecule has 9 nitrogen and oxygen atoms in total. The van der Waals surface area contributed by atoms with Crippen molar-refractivity contribution in [1.29, 1.82) is 0 Å². The number of allylic oxidation sites excluding steroid dienone is 1. The summed E-state index contributed by atoms with van der Waals surface area (Å²) < 4.78 is 16.0. The predicted molar refractivity (Wildman–Crippen MR) is 117 cm³/mol. The fraction of sp³-hybridized carbons (Fsp3) is 0.318. The van der Waals surface area contributed by atoms with Crippen LogP contribution in [0.2, 0.25) is 5.02 Å². The summed E-state index contributed by atoms with van der Waals surface area (Å²) in [5.41, 5.74) is 2.22. The van der Waals surface area contributed by atoms with Crippen LogP contribution >= 0.6 is 11.6 Å². The van der Waals surface area contributed by atoms with Gasteiger partial charge in [-0.25, -0.2) is 9.59 Å².